The molecule has 1 aromatic carbocycles. The van der Waals surface area contributed by atoms with Crippen LogP contribution < -0.4 is 10.6 Å². The molecule has 0 aliphatic rings. The van der Waals surface area contributed by atoms with Crippen molar-refractivity contribution in [1.29, 1.82) is 0 Å². The van der Waals surface area contributed by atoms with Gasteiger partial charge in [0, 0.05) is 29.7 Å². The highest BCUT2D eigenvalue weighted by atomic mass is 127. The van der Waals surface area contributed by atoms with Crippen molar-refractivity contribution in [2.75, 3.05) is 13.1 Å². The number of hydrogen-bond acceptors (Lipinski definition) is 3. The van der Waals surface area contributed by atoms with E-state index in [1.807, 2.05) is 23.6 Å². The highest BCUT2D eigenvalue weighted by molar-refractivity contribution is 14.0. The summed E-state index contributed by atoms with van der Waals surface area (Å²) in [6, 6.07) is 5.46. The topological polar surface area (TPSA) is 67.1 Å². The minimum absolute atomic E-state index is 0. The van der Waals surface area contributed by atoms with Gasteiger partial charge in [0.2, 0.25) is 0 Å². The van der Waals surface area contributed by atoms with Crippen molar-refractivity contribution >= 4 is 53.1 Å². The van der Waals surface area contributed by atoms with E-state index in [-0.39, 0.29) is 24.0 Å². The molecule has 2 N–H and O–H groups in total. The van der Waals surface area contributed by atoms with E-state index in [4.69, 9.17) is 23.2 Å². The summed E-state index contributed by atoms with van der Waals surface area (Å²) in [7, 11) is 0. The minimum Gasteiger partial charge on any atom is -0.357 e. The standard InChI is InChI=1S/C16H22Cl2N6.HI/c1-2-19-16(20-7-3-4-8-24-11-22-23-12-24)21-10-13-5-6-14(17)9-15(13)18;/h5-6,9,11-12H,2-4,7-8,10H2,1H3,(H2,19,20,21);1H. The van der Waals surface area contributed by atoms with Crippen LogP contribution in [-0.2, 0) is 13.1 Å². The Morgan fingerprint density at radius 1 is 1.16 bits per heavy atom. The molecule has 25 heavy (non-hydrogen) atoms. The molecule has 9 heteroatoms. The average molecular weight is 497 g/mol. The molecule has 0 aliphatic heterocycles. The third-order valence-electron chi connectivity index (χ3n) is 3.37. The number of aryl methyl sites for hydroxylation is 1. The maximum Gasteiger partial charge on any atom is 0.191 e. The van der Waals surface area contributed by atoms with E-state index in [2.05, 4.69) is 25.8 Å². The van der Waals surface area contributed by atoms with E-state index in [1.54, 1.807) is 18.7 Å². The third kappa shape index (κ3) is 8.24. The second kappa shape index (κ2) is 12.3. The molecule has 0 atom stereocenters. The van der Waals surface area contributed by atoms with Crippen LogP contribution in [0.1, 0.15) is 25.3 Å². The average Bonchev–Trinajstić information content (AvgIpc) is 3.07. The van der Waals surface area contributed by atoms with Crippen LogP contribution in [0.3, 0.4) is 0 Å². The van der Waals surface area contributed by atoms with Gasteiger partial charge in [-0.2, -0.15) is 0 Å². The Kier molecular flexibility index (Phi) is 10.8. The first kappa shape index (κ1) is 22.0. The third-order valence-corrected chi connectivity index (χ3v) is 3.96. The highest BCUT2D eigenvalue weighted by Crippen LogP contribution is 2.21. The lowest BCUT2D eigenvalue weighted by atomic mass is 10.2. The molecule has 138 valence electrons. The van der Waals surface area contributed by atoms with Gasteiger partial charge in [-0.1, -0.05) is 29.3 Å². The molecule has 0 spiro atoms. The fraction of sp³-hybridized carbons (Fsp3) is 0.438. The molecule has 0 aliphatic carbocycles. The van der Waals surface area contributed by atoms with Crippen molar-refractivity contribution in [2.24, 2.45) is 4.99 Å². The van der Waals surface area contributed by atoms with Crippen molar-refractivity contribution in [3.05, 3.63) is 46.5 Å². The highest BCUT2D eigenvalue weighted by Gasteiger charge is 2.02. The molecular formula is C16H23Cl2IN6. The molecule has 0 amide bonds. The molecule has 0 saturated heterocycles. The first-order valence-electron chi connectivity index (χ1n) is 7.97. The van der Waals surface area contributed by atoms with Crippen LogP contribution in [0.25, 0.3) is 0 Å². The van der Waals surface area contributed by atoms with E-state index < -0.39 is 0 Å². The normalized spacial score (nSPS) is 11.1. The van der Waals surface area contributed by atoms with Gasteiger partial charge in [0.1, 0.15) is 12.7 Å². The van der Waals surface area contributed by atoms with E-state index in [1.165, 1.54) is 0 Å². The van der Waals surface area contributed by atoms with Gasteiger partial charge in [-0.15, -0.1) is 34.2 Å². The second-order valence-electron chi connectivity index (χ2n) is 5.26. The molecule has 6 nitrogen and oxygen atoms in total. The predicted octanol–water partition coefficient (Wildman–Crippen LogP) is 3.74. The van der Waals surface area contributed by atoms with Crippen LogP contribution in [0.15, 0.2) is 35.8 Å². The van der Waals surface area contributed by atoms with Gasteiger partial charge in [0.25, 0.3) is 0 Å². The molecule has 0 saturated carbocycles. The maximum atomic E-state index is 6.18. The smallest absolute Gasteiger partial charge is 0.191 e. The number of hydrogen-bond donors (Lipinski definition) is 2. The van der Waals surface area contributed by atoms with Gasteiger partial charge in [-0.25, -0.2) is 4.99 Å². The quantitative estimate of drug-likeness (QED) is 0.253. The fourth-order valence-corrected chi connectivity index (χ4v) is 2.59. The summed E-state index contributed by atoms with van der Waals surface area (Å²) in [5, 5.41) is 15.4. The molecule has 2 rings (SSSR count). The number of aromatic nitrogens is 3. The number of unbranched alkanes of at least 4 members (excludes halogenated alkanes) is 1. The Hall–Kier alpha value is -1.06. The summed E-state index contributed by atoms with van der Waals surface area (Å²) in [4.78, 5) is 4.56. The zero-order valence-corrected chi connectivity index (χ0v) is 17.9. The SMILES string of the molecule is CCNC(=NCc1ccc(Cl)cc1Cl)NCCCCn1cnnc1.I. The number of nitrogens with zero attached hydrogens (tertiary/aromatic N) is 4. The minimum atomic E-state index is 0. The lowest BCUT2D eigenvalue weighted by molar-refractivity contribution is 0.598. The van der Waals surface area contributed by atoms with E-state index in [0.29, 0.717) is 16.6 Å². The maximum absolute atomic E-state index is 6.18. The first-order chi connectivity index (χ1) is 11.7. The van der Waals surface area contributed by atoms with Crippen molar-refractivity contribution in [1.82, 2.24) is 25.4 Å². The van der Waals surface area contributed by atoms with Crippen LogP contribution in [0.5, 0.6) is 0 Å². The van der Waals surface area contributed by atoms with Gasteiger partial charge in [0.15, 0.2) is 5.96 Å². The summed E-state index contributed by atoms with van der Waals surface area (Å²) in [5.74, 6) is 0.785. The lowest BCUT2D eigenvalue weighted by Gasteiger charge is -2.11. The number of halogens is 3. The van der Waals surface area contributed by atoms with E-state index in [9.17, 15) is 0 Å². The molecule has 0 unspecified atom stereocenters. The monoisotopic (exact) mass is 496 g/mol. The first-order valence-corrected chi connectivity index (χ1v) is 8.73. The predicted molar refractivity (Wildman–Crippen MR) is 114 cm³/mol. The van der Waals surface area contributed by atoms with Crippen molar-refractivity contribution < 1.29 is 0 Å². The largest absolute Gasteiger partial charge is 0.357 e. The Morgan fingerprint density at radius 3 is 2.60 bits per heavy atom. The van der Waals surface area contributed by atoms with Gasteiger partial charge in [-0.3, -0.25) is 0 Å². The summed E-state index contributed by atoms with van der Waals surface area (Å²) < 4.78 is 1.97. The Morgan fingerprint density at radius 2 is 1.92 bits per heavy atom. The van der Waals surface area contributed by atoms with Crippen LogP contribution in [-0.4, -0.2) is 33.8 Å². The van der Waals surface area contributed by atoms with Crippen LogP contribution >= 0.6 is 47.2 Å². The van der Waals surface area contributed by atoms with Crippen molar-refractivity contribution in [3.8, 4) is 0 Å². The molecule has 1 heterocycles. The fourth-order valence-electron chi connectivity index (χ4n) is 2.12. The van der Waals surface area contributed by atoms with Crippen LogP contribution in [0, 0.1) is 0 Å². The molecule has 1 aromatic heterocycles. The Bertz CT molecular complexity index is 648. The number of benzene rings is 1. The molecule has 0 radical (unpaired) electrons. The lowest BCUT2D eigenvalue weighted by Crippen LogP contribution is -2.37. The van der Waals surface area contributed by atoms with E-state index in [0.717, 1.165) is 44.0 Å². The second-order valence-corrected chi connectivity index (χ2v) is 6.11. The van der Waals surface area contributed by atoms with Gasteiger partial charge in [-0.05, 0) is 37.5 Å². The summed E-state index contributed by atoms with van der Waals surface area (Å²) in [5.41, 5.74) is 0.950. The number of guanidine groups is 1. The van der Waals surface area contributed by atoms with Crippen LogP contribution in [0.4, 0.5) is 0 Å². The van der Waals surface area contributed by atoms with Gasteiger partial charge < -0.3 is 15.2 Å². The zero-order valence-electron chi connectivity index (χ0n) is 14.1. The van der Waals surface area contributed by atoms with E-state index >= 15 is 0 Å². The Balaban J connectivity index is 0.00000312. The van der Waals surface area contributed by atoms with Crippen LogP contribution in [0.2, 0.25) is 10.0 Å². The summed E-state index contributed by atoms with van der Waals surface area (Å²) >= 11 is 12.1. The zero-order chi connectivity index (χ0) is 17.2. The molecule has 0 fully saturated rings. The number of nitrogens with one attached hydrogen (secondary N) is 2. The summed E-state index contributed by atoms with van der Waals surface area (Å²) in [6.45, 7) is 5.12. The Labute approximate surface area is 175 Å². The van der Waals surface area contributed by atoms with Crippen molar-refractivity contribution in [3.63, 3.8) is 0 Å². The molecule has 0 bridgehead atoms. The molecule has 2 aromatic rings. The summed E-state index contributed by atoms with van der Waals surface area (Å²) in [6.07, 6.45) is 5.54. The molecular weight excluding hydrogens is 474 g/mol. The number of aliphatic imine (C=N–C) groups is 1. The van der Waals surface area contributed by atoms with Gasteiger partial charge >= 0.3 is 0 Å². The van der Waals surface area contributed by atoms with Crippen molar-refractivity contribution in [2.45, 2.75) is 32.9 Å². The van der Waals surface area contributed by atoms with Gasteiger partial charge in [0.05, 0.1) is 6.54 Å². The number of rotatable bonds is 8.